The van der Waals surface area contributed by atoms with Gasteiger partial charge < -0.3 is 14.9 Å². The molecular weight excluding hydrogens is 120 g/mol. The second-order valence-electron chi connectivity index (χ2n) is 2.45. The van der Waals surface area contributed by atoms with Crippen LogP contribution in [-0.4, -0.2) is 35.1 Å². The maximum Gasteiger partial charge on any atom is 0.0836 e. The summed E-state index contributed by atoms with van der Waals surface area (Å²) in [5.41, 5.74) is 0. The van der Waals surface area contributed by atoms with Crippen LogP contribution in [0.4, 0.5) is 0 Å². The van der Waals surface area contributed by atoms with Crippen molar-refractivity contribution in [1.29, 1.82) is 0 Å². The second-order valence-corrected chi connectivity index (χ2v) is 2.45. The molecule has 3 heteroatoms. The molecule has 0 aromatic carbocycles. The van der Waals surface area contributed by atoms with Crippen molar-refractivity contribution in [3.63, 3.8) is 0 Å². The van der Waals surface area contributed by atoms with E-state index in [2.05, 4.69) is 0 Å². The zero-order valence-corrected chi connectivity index (χ0v) is 5.45. The van der Waals surface area contributed by atoms with Crippen LogP contribution in [0.25, 0.3) is 0 Å². The molecule has 1 saturated heterocycles. The minimum atomic E-state index is -0.387. The molecule has 1 aliphatic heterocycles. The van der Waals surface area contributed by atoms with Crippen LogP contribution in [-0.2, 0) is 4.74 Å². The van der Waals surface area contributed by atoms with Crippen molar-refractivity contribution in [2.75, 3.05) is 6.61 Å². The van der Waals surface area contributed by atoms with Gasteiger partial charge >= 0.3 is 0 Å². The van der Waals surface area contributed by atoms with Crippen molar-refractivity contribution in [3.8, 4) is 0 Å². The highest BCUT2D eigenvalue weighted by Gasteiger charge is 2.29. The summed E-state index contributed by atoms with van der Waals surface area (Å²) >= 11 is 0. The first-order chi connectivity index (χ1) is 4.24. The summed E-state index contributed by atoms with van der Waals surface area (Å²) < 4.78 is 5.12. The van der Waals surface area contributed by atoms with Gasteiger partial charge in [0, 0.05) is 6.42 Å². The van der Waals surface area contributed by atoms with Gasteiger partial charge in [0.1, 0.15) is 0 Å². The van der Waals surface area contributed by atoms with Gasteiger partial charge in [-0.2, -0.15) is 0 Å². The molecule has 3 atom stereocenters. The van der Waals surface area contributed by atoms with Gasteiger partial charge in [-0.25, -0.2) is 0 Å². The Bertz CT molecular complexity index is 84.3. The number of rotatable bonds is 1. The van der Waals surface area contributed by atoms with Crippen molar-refractivity contribution in [3.05, 3.63) is 0 Å². The van der Waals surface area contributed by atoms with E-state index in [1.165, 1.54) is 0 Å². The van der Waals surface area contributed by atoms with Gasteiger partial charge in [-0.1, -0.05) is 0 Å². The van der Waals surface area contributed by atoms with E-state index in [1.54, 1.807) is 6.92 Å². The average molecular weight is 132 g/mol. The van der Waals surface area contributed by atoms with E-state index in [1.807, 2.05) is 0 Å². The molecule has 1 aliphatic rings. The van der Waals surface area contributed by atoms with Gasteiger partial charge in [-0.05, 0) is 6.92 Å². The molecule has 0 bridgehead atoms. The topological polar surface area (TPSA) is 49.7 Å². The molecule has 0 saturated carbocycles. The third-order valence-corrected chi connectivity index (χ3v) is 1.66. The normalized spacial score (nSPS) is 43.7. The second kappa shape index (κ2) is 2.64. The minimum absolute atomic E-state index is 0.0153. The largest absolute Gasteiger partial charge is 0.394 e. The van der Waals surface area contributed by atoms with Crippen molar-refractivity contribution >= 4 is 0 Å². The summed E-state index contributed by atoms with van der Waals surface area (Å²) in [6, 6.07) is 0. The molecule has 54 valence electrons. The zero-order chi connectivity index (χ0) is 6.85. The Morgan fingerprint density at radius 2 is 2.33 bits per heavy atom. The van der Waals surface area contributed by atoms with E-state index < -0.39 is 0 Å². The van der Waals surface area contributed by atoms with Crippen molar-refractivity contribution in [2.24, 2.45) is 0 Å². The van der Waals surface area contributed by atoms with Crippen LogP contribution in [0.15, 0.2) is 0 Å². The summed E-state index contributed by atoms with van der Waals surface area (Å²) in [7, 11) is 0. The van der Waals surface area contributed by atoms with Crippen LogP contribution in [0.1, 0.15) is 13.3 Å². The van der Waals surface area contributed by atoms with Crippen LogP contribution in [0.5, 0.6) is 0 Å². The minimum Gasteiger partial charge on any atom is -0.394 e. The zero-order valence-electron chi connectivity index (χ0n) is 5.45. The highest BCUT2D eigenvalue weighted by atomic mass is 16.5. The third-order valence-electron chi connectivity index (χ3n) is 1.66. The molecule has 0 aromatic heterocycles. The number of ether oxygens (including phenoxy) is 1. The fourth-order valence-electron chi connectivity index (χ4n) is 1.03. The van der Waals surface area contributed by atoms with E-state index in [0.717, 1.165) is 0 Å². The monoisotopic (exact) mass is 132 g/mol. The maximum absolute atomic E-state index is 9.06. The molecule has 0 amide bonds. The Balaban J connectivity index is 2.35. The summed E-state index contributed by atoms with van der Waals surface area (Å²) in [5, 5.41) is 17.6. The van der Waals surface area contributed by atoms with E-state index in [4.69, 9.17) is 14.9 Å². The van der Waals surface area contributed by atoms with E-state index in [-0.39, 0.29) is 24.9 Å². The molecule has 0 radical (unpaired) electrons. The van der Waals surface area contributed by atoms with Gasteiger partial charge in [-0.15, -0.1) is 0 Å². The van der Waals surface area contributed by atoms with E-state index in [9.17, 15) is 0 Å². The van der Waals surface area contributed by atoms with E-state index >= 15 is 0 Å². The van der Waals surface area contributed by atoms with Crippen LogP contribution >= 0.6 is 0 Å². The molecule has 9 heavy (non-hydrogen) atoms. The molecular formula is C6H12O3. The van der Waals surface area contributed by atoms with Gasteiger partial charge in [0.05, 0.1) is 24.9 Å². The highest BCUT2D eigenvalue weighted by Crippen LogP contribution is 2.18. The molecule has 1 fully saturated rings. The molecule has 0 unspecified atom stereocenters. The summed E-state index contributed by atoms with van der Waals surface area (Å²) in [5.74, 6) is 0. The third kappa shape index (κ3) is 1.41. The average Bonchev–Trinajstić information content (AvgIpc) is 2.13. The summed E-state index contributed by atoms with van der Waals surface area (Å²) in [6.07, 6.45) is -0.0724. The SMILES string of the molecule is C[C@@H]1O[C@@H](CO)C[C@@H]1O. The van der Waals surface area contributed by atoms with Gasteiger partial charge in [0.25, 0.3) is 0 Å². The van der Waals surface area contributed by atoms with Crippen LogP contribution < -0.4 is 0 Å². The Labute approximate surface area is 54.3 Å². The first-order valence-corrected chi connectivity index (χ1v) is 3.18. The quantitative estimate of drug-likeness (QED) is 0.506. The first-order valence-electron chi connectivity index (χ1n) is 3.18. The summed E-state index contributed by atoms with van der Waals surface area (Å²) in [6.45, 7) is 1.82. The van der Waals surface area contributed by atoms with Gasteiger partial charge in [0.2, 0.25) is 0 Å². The molecule has 2 N–H and O–H groups in total. The maximum atomic E-state index is 9.06. The first kappa shape index (κ1) is 6.99. The van der Waals surface area contributed by atoms with Crippen molar-refractivity contribution in [1.82, 2.24) is 0 Å². The number of hydrogen-bond acceptors (Lipinski definition) is 3. The highest BCUT2D eigenvalue weighted by molar-refractivity contribution is 4.77. The number of hydrogen-bond donors (Lipinski definition) is 2. The van der Waals surface area contributed by atoms with Crippen LogP contribution in [0, 0.1) is 0 Å². The number of aliphatic hydroxyl groups is 2. The lowest BCUT2D eigenvalue weighted by molar-refractivity contribution is 0.000607. The molecule has 1 heterocycles. The Morgan fingerprint density at radius 3 is 2.56 bits per heavy atom. The Hall–Kier alpha value is -0.120. The smallest absolute Gasteiger partial charge is 0.0836 e. The molecule has 0 aromatic rings. The molecule has 0 spiro atoms. The lowest BCUT2D eigenvalue weighted by Crippen LogP contribution is -2.15. The molecule has 1 rings (SSSR count). The summed E-state index contributed by atoms with van der Waals surface area (Å²) in [4.78, 5) is 0. The standard InChI is InChI=1S/C6H12O3/c1-4-6(8)2-5(3-7)9-4/h4-8H,2-3H2,1H3/t4-,5+,6-/m0/s1. The predicted octanol–water partition coefficient (Wildman–Crippen LogP) is -0.483. The predicted molar refractivity (Wildman–Crippen MR) is 32.0 cm³/mol. The fraction of sp³-hybridized carbons (Fsp3) is 1.00. The lowest BCUT2D eigenvalue weighted by Gasteiger charge is -2.05. The van der Waals surface area contributed by atoms with Crippen LogP contribution in [0.2, 0.25) is 0 Å². The lowest BCUT2D eigenvalue weighted by atomic mass is 10.2. The Kier molecular flexibility index (Phi) is 2.05. The number of aliphatic hydroxyl groups excluding tert-OH is 2. The van der Waals surface area contributed by atoms with Crippen molar-refractivity contribution < 1.29 is 14.9 Å². The van der Waals surface area contributed by atoms with Gasteiger partial charge in [-0.3, -0.25) is 0 Å². The van der Waals surface area contributed by atoms with Crippen molar-refractivity contribution in [2.45, 2.75) is 31.7 Å². The Morgan fingerprint density at radius 1 is 1.67 bits per heavy atom. The van der Waals surface area contributed by atoms with Crippen LogP contribution in [0.3, 0.4) is 0 Å². The fourth-order valence-corrected chi connectivity index (χ4v) is 1.03. The molecule has 3 nitrogen and oxygen atoms in total. The molecule has 0 aliphatic carbocycles. The van der Waals surface area contributed by atoms with Gasteiger partial charge in [0.15, 0.2) is 0 Å². The van der Waals surface area contributed by atoms with E-state index in [0.29, 0.717) is 6.42 Å².